The molecular formula is C27H28FN7O3. The van der Waals surface area contributed by atoms with E-state index in [0.717, 1.165) is 5.56 Å². The van der Waals surface area contributed by atoms with Crippen LogP contribution in [0.25, 0.3) is 16.6 Å². The number of aromatic nitrogens is 3. The molecule has 5 rings (SSSR count). The van der Waals surface area contributed by atoms with Gasteiger partial charge in [-0.1, -0.05) is 12.1 Å². The predicted molar refractivity (Wildman–Crippen MR) is 147 cm³/mol. The van der Waals surface area contributed by atoms with Crippen LogP contribution in [0.4, 0.5) is 21.6 Å². The van der Waals surface area contributed by atoms with E-state index in [1.54, 1.807) is 51.2 Å². The lowest BCUT2D eigenvalue weighted by Gasteiger charge is -2.22. The van der Waals surface area contributed by atoms with Crippen LogP contribution >= 0.6 is 0 Å². The number of aryl methyl sites for hydroxylation is 2. The van der Waals surface area contributed by atoms with Crippen molar-refractivity contribution in [3.8, 4) is 5.69 Å². The molecule has 4 aromatic rings. The van der Waals surface area contributed by atoms with E-state index in [9.17, 15) is 18.8 Å². The number of nitrogens with one attached hydrogen (secondary N) is 2. The number of hydrogen-bond acceptors (Lipinski definition) is 5. The summed E-state index contributed by atoms with van der Waals surface area (Å²) >= 11 is 0. The fourth-order valence-corrected chi connectivity index (χ4v) is 4.68. The van der Waals surface area contributed by atoms with Gasteiger partial charge in [-0.25, -0.2) is 9.18 Å². The summed E-state index contributed by atoms with van der Waals surface area (Å²) in [7, 11) is 3.12. The molecule has 38 heavy (non-hydrogen) atoms. The van der Waals surface area contributed by atoms with Crippen LogP contribution in [0.3, 0.4) is 0 Å². The molecule has 2 heterocycles. The summed E-state index contributed by atoms with van der Waals surface area (Å²) in [4.78, 5) is 42.6. The van der Waals surface area contributed by atoms with E-state index < -0.39 is 22.6 Å². The van der Waals surface area contributed by atoms with E-state index in [0.29, 0.717) is 24.2 Å². The Morgan fingerprint density at radius 2 is 1.82 bits per heavy atom. The summed E-state index contributed by atoms with van der Waals surface area (Å²) in [6, 6.07) is 11.1. The van der Waals surface area contributed by atoms with Gasteiger partial charge in [-0.05, 0) is 62.6 Å². The zero-order valence-electron chi connectivity index (χ0n) is 21.5. The highest BCUT2D eigenvalue weighted by molar-refractivity contribution is 5.94. The molecule has 1 fully saturated rings. The largest absolute Gasteiger partial charge is 0.370 e. The molecule has 0 atom stereocenters. The molecule has 0 spiro atoms. The second kappa shape index (κ2) is 9.02. The Balaban J connectivity index is 1.91. The van der Waals surface area contributed by atoms with Gasteiger partial charge >= 0.3 is 5.69 Å². The van der Waals surface area contributed by atoms with Gasteiger partial charge in [0.2, 0.25) is 0 Å². The molecule has 0 radical (unpaired) electrons. The van der Waals surface area contributed by atoms with E-state index in [4.69, 9.17) is 11.1 Å². The fourth-order valence-electron chi connectivity index (χ4n) is 4.68. The lowest BCUT2D eigenvalue weighted by Crippen LogP contribution is -2.41. The zero-order chi connectivity index (χ0) is 27.5. The maximum atomic E-state index is 14.8. The number of pyridine rings is 1. The van der Waals surface area contributed by atoms with Crippen LogP contribution in [0.1, 0.15) is 30.0 Å². The minimum absolute atomic E-state index is 0.0866. The van der Waals surface area contributed by atoms with E-state index in [1.165, 1.54) is 37.8 Å². The standard InChI is InChI=1S/C27H28FN7O3/c1-14-8-11-20(19(28)12-14)31-23-21-22(15(2)24(36)33(23)4)34(27(38)35(25(21)37)16-9-10-16)18-7-5-6-17(13-18)32(3)26(29)30/h5-8,11-13,16,31H,9-10H2,1-4H3,(H3,29,30). The summed E-state index contributed by atoms with van der Waals surface area (Å²) < 4.78 is 18.7. The van der Waals surface area contributed by atoms with Crippen molar-refractivity contribution in [3.05, 3.63) is 90.6 Å². The third-order valence-electron chi connectivity index (χ3n) is 6.97. The highest BCUT2D eigenvalue weighted by Gasteiger charge is 2.31. The number of hydrogen-bond donors (Lipinski definition) is 3. The third-order valence-corrected chi connectivity index (χ3v) is 6.97. The Bertz CT molecular complexity index is 1820. The predicted octanol–water partition coefficient (Wildman–Crippen LogP) is 3.02. The highest BCUT2D eigenvalue weighted by atomic mass is 19.1. The van der Waals surface area contributed by atoms with Crippen LogP contribution in [-0.2, 0) is 7.05 Å². The van der Waals surface area contributed by atoms with E-state index in [1.807, 2.05) is 0 Å². The van der Waals surface area contributed by atoms with Crippen molar-refractivity contribution in [2.75, 3.05) is 17.3 Å². The van der Waals surface area contributed by atoms with Gasteiger partial charge in [-0.15, -0.1) is 0 Å². The number of rotatable bonds is 5. The van der Waals surface area contributed by atoms with Crippen molar-refractivity contribution in [3.63, 3.8) is 0 Å². The van der Waals surface area contributed by atoms with Gasteiger partial charge in [0.05, 0.1) is 16.9 Å². The number of nitrogens with two attached hydrogens (primary N) is 1. The van der Waals surface area contributed by atoms with Gasteiger partial charge in [0.15, 0.2) is 5.96 Å². The number of guanidine groups is 1. The summed E-state index contributed by atoms with van der Waals surface area (Å²) in [6.45, 7) is 3.32. The van der Waals surface area contributed by atoms with E-state index >= 15 is 0 Å². The molecule has 1 aliphatic rings. The quantitative estimate of drug-likeness (QED) is 0.276. The average Bonchev–Trinajstić information content (AvgIpc) is 3.71. The molecule has 1 aliphatic carbocycles. The van der Waals surface area contributed by atoms with Crippen molar-refractivity contribution < 1.29 is 4.39 Å². The smallest absolute Gasteiger partial charge is 0.336 e. The van der Waals surface area contributed by atoms with Crippen LogP contribution in [0.15, 0.2) is 56.8 Å². The van der Waals surface area contributed by atoms with E-state index in [2.05, 4.69) is 5.32 Å². The third kappa shape index (κ3) is 3.96. The van der Waals surface area contributed by atoms with Gasteiger partial charge < -0.3 is 16.0 Å². The first kappa shape index (κ1) is 25.0. The average molecular weight is 518 g/mol. The van der Waals surface area contributed by atoms with Crippen molar-refractivity contribution in [2.24, 2.45) is 12.8 Å². The second-order valence-electron chi connectivity index (χ2n) is 9.66. The monoisotopic (exact) mass is 517 g/mol. The minimum atomic E-state index is -0.573. The van der Waals surface area contributed by atoms with Crippen molar-refractivity contribution >= 4 is 34.1 Å². The molecule has 1 saturated carbocycles. The topological polar surface area (TPSA) is 131 Å². The lowest BCUT2D eigenvalue weighted by atomic mass is 10.1. The molecule has 10 nitrogen and oxygen atoms in total. The first-order valence-corrected chi connectivity index (χ1v) is 12.1. The van der Waals surface area contributed by atoms with Gasteiger partial charge in [0, 0.05) is 31.4 Å². The molecule has 2 aromatic heterocycles. The van der Waals surface area contributed by atoms with Crippen molar-refractivity contribution in [1.29, 1.82) is 5.41 Å². The fraction of sp³-hybridized carbons (Fsp3) is 0.259. The second-order valence-corrected chi connectivity index (χ2v) is 9.66. The van der Waals surface area contributed by atoms with Crippen molar-refractivity contribution in [1.82, 2.24) is 13.7 Å². The maximum absolute atomic E-state index is 14.8. The number of fused-ring (bicyclic) bond motifs is 1. The zero-order valence-corrected chi connectivity index (χ0v) is 21.5. The van der Waals surface area contributed by atoms with Crippen molar-refractivity contribution in [2.45, 2.75) is 32.7 Å². The maximum Gasteiger partial charge on any atom is 0.336 e. The molecule has 0 aliphatic heterocycles. The van der Waals surface area contributed by atoms with Crippen LogP contribution in [0.5, 0.6) is 0 Å². The van der Waals surface area contributed by atoms with Crippen LogP contribution in [-0.4, -0.2) is 26.7 Å². The molecule has 2 aromatic carbocycles. The molecular weight excluding hydrogens is 489 g/mol. The Hall–Kier alpha value is -4.67. The van der Waals surface area contributed by atoms with Gasteiger partial charge in [-0.2, -0.15) is 0 Å². The molecule has 4 N–H and O–H groups in total. The Labute approximate surface area is 216 Å². The summed E-state index contributed by atoms with van der Waals surface area (Å²) in [6.07, 6.45) is 1.35. The number of benzene rings is 2. The van der Waals surface area contributed by atoms with Crippen LogP contribution in [0, 0.1) is 25.1 Å². The molecule has 0 unspecified atom stereocenters. The molecule has 0 bridgehead atoms. The Kier molecular flexibility index (Phi) is 5.93. The minimum Gasteiger partial charge on any atom is -0.370 e. The van der Waals surface area contributed by atoms with Gasteiger partial charge in [0.1, 0.15) is 17.0 Å². The highest BCUT2D eigenvalue weighted by Crippen LogP contribution is 2.34. The Morgan fingerprint density at radius 3 is 2.45 bits per heavy atom. The Morgan fingerprint density at radius 1 is 1.11 bits per heavy atom. The SMILES string of the molecule is Cc1ccc(Nc2c3c(=O)n(C4CC4)c(=O)n(-c4cccc(N(C)C(=N)N)c4)c3c(C)c(=O)n2C)c(F)c1. The van der Waals surface area contributed by atoms with Crippen LogP contribution < -0.4 is 32.8 Å². The summed E-state index contributed by atoms with van der Waals surface area (Å²) in [5, 5.41) is 10.8. The molecule has 0 amide bonds. The lowest BCUT2D eigenvalue weighted by molar-refractivity contribution is 0.630. The van der Waals surface area contributed by atoms with Gasteiger partial charge in [0.25, 0.3) is 11.1 Å². The van der Waals surface area contributed by atoms with E-state index in [-0.39, 0.29) is 40.0 Å². The van der Waals surface area contributed by atoms with Crippen LogP contribution in [0.2, 0.25) is 0 Å². The normalized spacial score (nSPS) is 13.1. The molecule has 196 valence electrons. The summed E-state index contributed by atoms with van der Waals surface area (Å²) in [5.41, 5.74) is 6.17. The number of halogens is 1. The van der Waals surface area contributed by atoms with Gasteiger partial charge in [-0.3, -0.25) is 28.7 Å². The first-order chi connectivity index (χ1) is 18.0. The summed E-state index contributed by atoms with van der Waals surface area (Å²) in [5.74, 6) is -0.649. The molecule has 0 saturated heterocycles. The molecule has 11 heteroatoms. The first-order valence-electron chi connectivity index (χ1n) is 12.1. The number of anilines is 3. The number of nitrogens with zero attached hydrogens (tertiary/aromatic N) is 4.